The Balaban J connectivity index is 1.54. The number of non-ortho nitro benzene ring substituents is 1. The Bertz CT molecular complexity index is 1440. The highest BCUT2D eigenvalue weighted by atomic mass is 16.6. The van der Waals surface area contributed by atoms with Crippen molar-refractivity contribution in [3.8, 4) is 11.8 Å². The molecule has 1 aromatic heterocycles. The van der Waals surface area contributed by atoms with Gasteiger partial charge >= 0.3 is 0 Å². The topological polar surface area (TPSA) is 130 Å². The predicted molar refractivity (Wildman–Crippen MR) is 130 cm³/mol. The molecule has 9 heteroatoms. The van der Waals surface area contributed by atoms with Gasteiger partial charge in [-0.1, -0.05) is 42.5 Å². The number of amides is 1. The third kappa shape index (κ3) is 4.22. The summed E-state index contributed by atoms with van der Waals surface area (Å²) in [5.74, 6) is -1.22. The molecule has 0 aliphatic carbocycles. The number of hydrogen-bond acceptors (Lipinski definition) is 6. The molecule has 0 fully saturated rings. The molecule has 1 unspecified atom stereocenters. The number of benzene rings is 3. The largest absolute Gasteiger partial charge is 0.494 e. The van der Waals surface area contributed by atoms with Gasteiger partial charge in [-0.05, 0) is 29.3 Å². The maximum Gasteiger partial charge on any atom is 0.269 e. The van der Waals surface area contributed by atoms with E-state index in [1.54, 1.807) is 12.1 Å². The summed E-state index contributed by atoms with van der Waals surface area (Å²) in [5.41, 5.74) is 3.53. The van der Waals surface area contributed by atoms with Crippen molar-refractivity contribution in [1.29, 1.82) is 0 Å². The van der Waals surface area contributed by atoms with Gasteiger partial charge in [0.05, 0.1) is 22.9 Å². The zero-order valence-electron chi connectivity index (χ0n) is 18.3. The van der Waals surface area contributed by atoms with Gasteiger partial charge in [0.2, 0.25) is 5.91 Å². The molecule has 0 saturated carbocycles. The molecule has 1 aliphatic rings. The quantitative estimate of drug-likeness (QED) is 0.214. The lowest BCUT2D eigenvalue weighted by Crippen LogP contribution is -2.22. The number of nitro groups is 1. The van der Waals surface area contributed by atoms with Gasteiger partial charge < -0.3 is 15.5 Å². The molecule has 3 aromatic carbocycles. The van der Waals surface area contributed by atoms with Gasteiger partial charge in [-0.25, -0.2) is 0 Å². The molecule has 4 aromatic rings. The minimum Gasteiger partial charge on any atom is -0.494 e. The molecule has 1 aliphatic heterocycles. The van der Waals surface area contributed by atoms with Crippen LogP contribution in [-0.4, -0.2) is 31.3 Å². The van der Waals surface area contributed by atoms with Gasteiger partial charge in [-0.2, -0.15) is 0 Å². The number of nitrogens with one attached hydrogen (secondary N) is 1. The summed E-state index contributed by atoms with van der Waals surface area (Å²) in [4.78, 5) is 28.6. The lowest BCUT2D eigenvalue weighted by atomic mass is 9.90. The van der Waals surface area contributed by atoms with Gasteiger partial charge in [0.1, 0.15) is 5.92 Å². The molecular weight excluding hydrogens is 448 g/mol. The van der Waals surface area contributed by atoms with Crippen molar-refractivity contribution in [2.45, 2.75) is 12.5 Å². The first-order valence-electron chi connectivity index (χ1n) is 10.8. The van der Waals surface area contributed by atoms with Crippen LogP contribution < -0.4 is 5.32 Å². The zero-order chi connectivity index (χ0) is 24.5. The molecular formula is C26H20N4O5. The summed E-state index contributed by atoms with van der Waals surface area (Å²) in [6.45, 7) is 0.266. The van der Waals surface area contributed by atoms with E-state index in [-0.39, 0.29) is 29.9 Å². The van der Waals surface area contributed by atoms with Crippen LogP contribution in [0.1, 0.15) is 22.6 Å². The number of aromatic nitrogens is 1. The number of aliphatic imine (C=N–C) groups is 1. The highest BCUT2D eigenvalue weighted by molar-refractivity contribution is 6.24. The third-order valence-electron chi connectivity index (χ3n) is 5.88. The van der Waals surface area contributed by atoms with Crippen LogP contribution in [-0.2, 0) is 11.3 Å². The Morgan fingerprint density at radius 2 is 1.66 bits per heavy atom. The molecule has 0 radical (unpaired) electrons. The summed E-state index contributed by atoms with van der Waals surface area (Å²) in [6, 6.07) is 23.5. The summed E-state index contributed by atoms with van der Waals surface area (Å²) in [5, 5.41) is 33.9. The van der Waals surface area contributed by atoms with E-state index in [9.17, 15) is 25.1 Å². The summed E-state index contributed by atoms with van der Waals surface area (Å²) >= 11 is 0. The van der Waals surface area contributed by atoms with Crippen molar-refractivity contribution < 1.29 is 19.9 Å². The number of nitrogens with zero attached hydrogens (tertiary/aromatic N) is 3. The van der Waals surface area contributed by atoms with Crippen molar-refractivity contribution in [2.24, 2.45) is 4.99 Å². The molecule has 1 atom stereocenters. The number of carbonyl (C=O) groups is 1. The predicted octanol–water partition coefficient (Wildman–Crippen LogP) is 4.71. The number of hydrogen-bond donors (Lipinski definition) is 3. The van der Waals surface area contributed by atoms with Crippen molar-refractivity contribution in [3.05, 3.63) is 112 Å². The van der Waals surface area contributed by atoms with E-state index in [4.69, 9.17) is 4.99 Å². The van der Waals surface area contributed by atoms with Crippen LogP contribution in [0.15, 0.2) is 89.9 Å². The Morgan fingerprint density at radius 1 is 0.971 bits per heavy atom. The molecule has 0 bridgehead atoms. The summed E-state index contributed by atoms with van der Waals surface area (Å²) < 4.78 is 1.36. The first-order chi connectivity index (χ1) is 16.9. The second-order valence-electron chi connectivity index (χ2n) is 8.12. The van der Waals surface area contributed by atoms with Crippen LogP contribution in [0.3, 0.4) is 0 Å². The Hall–Kier alpha value is -4.92. The van der Waals surface area contributed by atoms with Crippen molar-refractivity contribution in [1.82, 2.24) is 4.57 Å². The van der Waals surface area contributed by atoms with E-state index in [0.717, 1.165) is 11.1 Å². The average Bonchev–Trinajstić information content (AvgIpc) is 3.36. The number of nitro benzene ring substituents is 1. The molecule has 2 heterocycles. The maximum absolute atomic E-state index is 13.0. The second kappa shape index (κ2) is 8.79. The lowest BCUT2D eigenvalue weighted by Gasteiger charge is -2.14. The van der Waals surface area contributed by atoms with Crippen LogP contribution in [0.25, 0.3) is 0 Å². The normalized spacial score (nSPS) is 15.0. The molecule has 3 N–H and O–H groups in total. The first-order valence-corrected chi connectivity index (χ1v) is 10.8. The van der Waals surface area contributed by atoms with Crippen LogP contribution in [0.5, 0.6) is 11.8 Å². The summed E-state index contributed by atoms with van der Waals surface area (Å²) in [7, 11) is 0. The minimum absolute atomic E-state index is 0.0454. The van der Waals surface area contributed by atoms with Gasteiger partial charge in [-0.15, -0.1) is 0 Å². The minimum atomic E-state index is -0.819. The molecule has 174 valence electrons. The fourth-order valence-electron chi connectivity index (χ4n) is 4.14. The SMILES string of the molecule is O=C1Nc2ccc([N+](=O)[O-])cc2C1C(=Nc1ccc(Cn2c(O)ccc2O)cc1)c1ccccc1. The van der Waals surface area contributed by atoms with Gasteiger partial charge in [-0.3, -0.25) is 24.5 Å². The maximum atomic E-state index is 13.0. The highest BCUT2D eigenvalue weighted by Gasteiger charge is 2.36. The smallest absolute Gasteiger partial charge is 0.269 e. The Labute approximate surface area is 199 Å². The van der Waals surface area contributed by atoms with E-state index in [2.05, 4.69) is 5.32 Å². The van der Waals surface area contributed by atoms with Crippen LogP contribution in [0, 0.1) is 10.1 Å². The van der Waals surface area contributed by atoms with Crippen LogP contribution in [0.4, 0.5) is 17.1 Å². The molecule has 0 spiro atoms. The lowest BCUT2D eigenvalue weighted by molar-refractivity contribution is -0.384. The fourth-order valence-corrected chi connectivity index (χ4v) is 4.14. The third-order valence-corrected chi connectivity index (χ3v) is 5.88. The Morgan fingerprint density at radius 3 is 2.31 bits per heavy atom. The molecule has 9 nitrogen and oxygen atoms in total. The first kappa shape index (κ1) is 21.9. The van der Waals surface area contributed by atoms with E-state index >= 15 is 0 Å². The molecule has 0 saturated heterocycles. The number of carbonyl (C=O) groups excluding carboxylic acids is 1. The number of aromatic hydroxyl groups is 2. The fraction of sp³-hybridized carbons (Fsp3) is 0.0769. The zero-order valence-corrected chi connectivity index (χ0v) is 18.3. The molecule has 35 heavy (non-hydrogen) atoms. The second-order valence-corrected chi connectivity index (χ2v) is 8.12. The van der Waals surface area contributed by atoms with Crippen LogP contribution >= 0.6 is 0 Å². The van der Waals surface area contributed by atoms with Gasteiger partial charge in [0, 0.05) is 35.5 Å². The number of anilines is 1. The van der Waals surface area contributed by atoms with Crippen molar-refractivity contribution in [2.75, 3.05) is 5.32 Å². The monoisotopic (exact) mass is 468 g/mol. The van der Waals surface area contributed by atoms with Gasteiger partial charge in [0.15, 0.2) is 11.8 Å². The summed E-state index contributed by atoms with van der Waals surface area (Å²) in [6.07, 6.45) is 0. The molecule has 5 rings (SSSR count). The van der Waals surface area contributed by atoms with Crippen LogP contribution in [0.2, 0.25) is 0 Å². The average molecular weight is 468 g/mol. The van der Waals surface area contributed by atoms with E-state index < -0.39 is 10.8 Å². The van der Waals surface area contributed by atoms with Crippen molar-refractivity contribution in [3.63, 3.8) is 0 Å². The number of fused-ring (bicyclic) bond motifs is 1. The van der Waals surface area contributed by atoms with Gasteiger partial charge in [0.25, 0.3) is 5.69 Å². The molecule has 1 amide bonds. The van der Waals surface area contributed by atoms with E-state index in [1.807, 2.05) is 42.5 Å². The standard InChI is InChI=1S/C26H20N4O5/c31-22-12-13-23(32)29(22)15-16-6-8-18(9-7-16)27-25(17-4-2-1-3-5-17)24-20-14-19(30(34)35)10-11-21(20)28-26(24)33/h1-14,24,31-32H,15H2,(H,28,33). The van der Waals surface area contributed by atoms with Crippen molar-refractivity contribution >= 4 is 28.7 Å². The highest BCUT2D eigenvalue weighted by Crippen LogP contribution is 2.38. The number of rotatable bonds is 6. The van der Waals surface area contributed by atoms with E-state index in [1.165, 1.54) is 34.9 Å². The Kier molecular flexibility index (Phi) is 5.50. The van der Waals surface area contributed by atoms with E-state index in [0.29, 0.717) is 22.6 Å².